The lowest BCUT2D eigenvalue weighted by Crippen LogP contribution is -2.27. The molecule has 7 nitrogen and oxygen atoms in total. The molecule has 3 aromatic heterocycles. The number of fused-ring (bicyclic) bond motifs is 3. The fraction of sp³-hybridized carbons (Fsp3) is 0.478. The van der Waals surface area contributed by atoms with Gasteiger partial charge in [0.05, 0.1) is 17.6 Å². The Bertz CT molecular complexity index is 1240. The molecule has 7 heteroatoms. The summed E-state index contributed by atoms with van der Waals surface area (Å²) in [5.74, 6) is 1.28. The van der Waals surface area contributed by atoms with E-state index in [9.17, 15) is 9.59 Å². The smallest absolute Gasteiger partial charge is 0.274 e. The molecule has 0 spiro atoms. The van der Waals surface area contributed by atoms with Gasteiger partial charge in [-0.3, -0.25) is 14.0 Å². The first kappa shape index (κ1) is 19.0. The van der Waals surface area contributed by atoms with Crippen molar-refractivity contribution in [1.82, 2.24) is 24.1 Å². The number of nitrogens with one attached hydrogen (secondary N) is 1. The molecule has 5 rings (SSSR count). The maximum Gasteiger partial charge on any atom is 0.274 e. The van der Waals surface area contributed by atoms with E-state index in [2.05, 4.69) is 26.4 Å². The van der Waals surface area contributed by atoms with Gasteiger partial charge in [0.2, 0.25) is 0 Å². The van der Waals surface area contributed by atoms with Crippen LogP contribution in [0, 0.1) is 19.8 Å². The summed E-state index contributed by atoms with van der Waals surface area (Å²) >= 11 is 0. The van der Waals surface area contributed by atoms with E-state index in [0.717, 1.165) is 35.7 Å². The summed E-state index contributed by atoms with van der Waals surface area (Å²) in [5, 5.41) is 4.35. The monoisotopic (exact) mass is 405 g/mol. The predicted octanol–water partition coefficient (Wildman–Crippen LogP) is 3.80. The van der Waals surface area contributed by atoms with Crippen molar-refractivity contribution < 1.29 is 4.79 Å². The number of carbonyl (C=O) groups excluding carboxylic acids is 1. The lowest BCUT2D eigenvalue weighted by atomic mass is 9.87. The van der Waals surface area contributed by atoms with Crippen molar-refractivity contribution in [3.63, 3.8) is 0 Å². The molecule has 0 bridgehead atoms. The zero-order chi connectivity index (χ0) is 21.0. The van der Waals surface area contributed by atoms with Gasteiger partial charge in [-0.1, -0.05) is 26.2 Å². The van der Waals surface area contributed by atoms with Gasteiger partial charge in [0.25, 0.3) is 11.5 Å². The van der Waals surface area contributed by atoms with E-state index in [1.54, 1.807) is 6.20 Å². The molecule has 0 radical (unpaired) electrons. The number of nitrogens with zero attached hydrogens (tertiary/aromatic N) is 4. The summed E-state index contributed by atoms with van der Waals surface area (Å²) < 4.78 is 3.53. The first-order valence-corrected chi connectivity index (χ1v) is 10.9. The Morgan fingerprint density at radius 3 is 2.67 bits per heavy atom. The van der Waals surface area contributed by atoms with Crippen molar-refractivity contribution >= 4 is 17.5 Å². The number of hydrogen-bond donors (Lipinski definition) is 1. The van der Waals surface area contributed by atoms with E-state index >= 15 is 0 Å². The third kappa shape index (κ3) is 2.95. The van der Waals surface area contributed by atoms with Crippen molar-refractivity contribution in [1.29, 1.82) is 0 Å². The molecular formula is C23H27N5O2. The molecule has 1 saturated carbocycles. The Hall–Kier alpha value is -2.96. The van der Waals surface area contributed by atoms with Crippen LogP contribution in [0.2, 0.25) is 0 Å². The number of aromatic nitrogens is 5. The Balaban J connectivity index is 1.64. The summed E-state index contributed by atoms with van der Waals surface area (Å²) in [6.07, 6.45) is 10.2. The second-order valence-electron chi connectivity index (χ2n) is 8.84. The standard InChI is InChI=1S/C23H27N5O2/c1-13-9-19-18(11-17(13)23(30)28-15(3)10-14(2)26-28)25-22(29)20-12-24-21(27(19)20)16-7-5-4-6-8-16/h10-13,16H,4-9H2,1-3H3,(H,25,29). The lowest BCUT2D eigenvalue weighted by Gasteiger charge is -2.26. The number of aromatic amines is 1. The van der Waals surface area contributed by atoms with Crippen molar-refractivity contribution in [3.8, 4) is 0 Å². The van der Waals surface area contributed by atoms with E-state index in [0.29, 0.717) is 29.1 Å². The molecule has 0 saturated heterocycles. The number of hydrogen-bond acceptors (Lipinski definition) is 4. The van der Waals surface area contributed by atoms with Crippen LogP contribution in [0.1, 0.15) is 78.3 Å². The zero-order valence-electron chi connectivity index (χ0n) is 17.7. The van der Waals surface area contributed by atoms with Crippen molar-refractivity contribution in [2.75, 3.05) is 0 Å². The molecule has 30 heavy (non-hydrogen) atoms. The molecule has 1 atom stereocenters. The number of aryl methyl sites for hydroxylation is 2. The fourth-order valence-electron chi connectivity index (χ4n) is 5.09. The van der Waals surface area contributed by atoms with E-state index in [-0.39, 0.29) is 17.4 Å². The summed E-state index contributed by atoms with van der Waals surface area (Å²) in [6, 6.07) is 1.90. The predicted molar refractivity (Wildman–Crippen MR) is 115 cm³/mol. The molecule has 3 heterocycles. The number of rotatable bonds is 2. The topological polar surface area (TPSA) is 85.0 Å². The van der Waals surface area contributed by atoms with Gasteiger partial charge >= 0.3 is 0 Å². The molecule has 1 unspecified atom stereocenters. The van der Waals surface area contributed by atoms with Gasteiger partial charge in [0, 0.05) is 22.9 Å². The van der Waals surface area contributed by atoms with Gasteiger partial charge in [-0.05, 0) is 51.2 Å². The Morgan fingerprint density at radius 2 is 1.97 bits per heavy atom. The molecule has 0 amide bonds. The van der Waals surface area contributed by atoms with Crippen LogP contribution in [0.15, 0.2) is 22.6 Å². The molecule has 156 valence electrons. The number of carbonyl (C=O) groups is 1. The highest BCUT2D eigenvalue weighted by atomic mass is 16.2. The highest BCUT2D eigenvalue weighted by molar-refractivity contribution is 6.00. The third-order valence-corrected chi connectivity index (χ3v) is 6.60. The zero-order valence-corrected chi connectivity index (χ0v) is 17.7. The summed E-state index contributed by atoms with van der Waals surface area (Å²) in [6.45, 7) is 5.82. The van der Waals surface area contributed by atoms with Crippen LogP contribution in [0.25, 0.3) is 11.6 Å². The van der Waals surface area contributed by atoms with E-state index in [1.807, 2.05) is 26.0 Å². The Morgan fingerprint density at radius 1 is 1.20 bits per heavy atom. The number of H-pyrrole nitrogens is 1. The first-order chi connectivity index (χ1) is 14.4. The van der Waals surface area contributed by atoms with Crippen molar-refractivity contribution in [3.05, 3.63) is 56.8 Å². The average molecular weight is 406 g/mol. The van der Waals surface area contributed by atoms with E-state index in [1.165, 1.54) is 23.9 Å². The second kappa shape index (κ2) is 7.07. The van der Waals surface area contributed by atoms with Crippen LogP contribution in [0.4, 0.5) is 0 Å². The molecular weight excluding hydrogens is 378 g/mol. The lowest BCUT2D eigenvalue weighted by molar-refractivity contribution is 0.0926. The van der Waals surface area contributed by atoms with Crippen LogP contribution in [-0.2, 0) is 6.42 Å². The SMILES string of the molecule is Cc1cc(C)n(C(=O)C2=Cc3[nH]c(=O)c4cnc(C5CCCCC5)n4c3CC2C)n1. The van der Waals surface area contributed by atoms with Crippen LogP contribution in [-0.4, -0.2) is 30.1 Å². The summed E-state index contributed by atoms with van der Waals surface area (Å²) in [5.41, 5.74) is 4.49. The number of allylic oxidation sites excluding steroid dienone is 1. The molecule has 1 fully saturated rings. The molecule has 0 aliphatic heterocycles. The normalized spacial score (nSPS) is 19.7. The largest absolute Gasteiger partial charge is 0.319 e. The van der Waals surface area contributed by atoms with Crippen molar-refractivity contribution in [2.24, 2.45) is 5.92 Å². The van der Waals surface area contributed by atoms with Crippen LogP contribution in [0.5, 0.6) is 0 Å². The molecule has 3 aromatic rings. The van der Waals surface area contributed by atoms with Gasteiger partial charge in [0.15, 0.2) is 0 Å². The molecule has 2 aliphatic rings. The molecule has 1 N–H and O–H groups in total. The third-order valence-electron chi connectivity index (χ3n) is 6.60. The fourth-order valence-corrected chi connectivity index (χ4v) is 5.09. The minimum atomic E-state index is -0.160. The molecule has 0 aromatic carbocycles. The summed E-state index contributed by atoms with van der Waals surface area (Å²) in [4.78, 5) is 33.6. The minimum absolute atomic E-state index is 0.0182. The van der Waals surface area contributed by atoms with Gasteiger partial charge in [-0.15, -0.1) is 0 Å². The van der Waals surface area contributed by atoms with Crippen LogP contribution >= 0.6 is 0 Å². The maximum absolute atomic E-state index is 13.2. The summed E-state index contributed by atoms with van der Waals surface area (Å²) in [7, 11) is 0. The highest BCUT2D eigenvalue weighted by Crippen LogP contribution is 2.35. The van der Waals surface area contributed by atoms with E-state index in [4.69, 9.17) is 0 Å². The number of imidazole rings is 1. The van der Waals surface area contributed by atoms with Crippen LogP contribution < -0.4 is 5.56 Å². The second-order valence-corrected chi connectivity index (χ2v) is 8.84. The van der Waals surface area contributed by atoms with E-state index < -0.39 is 0 Å². The first-order valence-electron chi connectivity index (χ1n) is 10.9. The van der Waals surface area contributed by atoms with Gasteiger partial charge in [-0.2, -0.15) is 5.10 Å². The van der Waals surface area contributed by atoms with Gasteiger partial charge < -0.3 is 4.98 Å². The highest BCUT2D eigenvalue weighted by Gasteiger charge is 2.30. The van der Waals surface area contributed by atoms with Gasteiger partial charge in [0.1, 0.15) is 11.3 Å². The Kier molecular flexibility index (Phi) is 4.49. The maximum atomic E-state index is 13.2. The average Bonchev–Trinajstić information content (AvgIpc) is 3.32. The van der Waals surface area contributed by atoms with Crippen LogP contribution in [0.3, 0.4) is 0 Å². The quantitative estimate of drug-likeness (QED) is 0.703. The van der Waals surface area contributed by atoms with Gasteiger partial charge in [-0.25, -0.2) is 9.67 Å². The minimum Gasteiger partial charge on any atom is -0.319 e. The van der Waals surface area contributed by atoms with Crippen molar-refractivity contribution in [2.45, 2.75) is 65.2 Å². The Labute approximate surface area is 174 Å². The molecule has 2 aliphatic carbocycles.